The molecule has 0 aromatic heterocycles. The van der Waals surface area contributed by atoms with Gasteiger partial charge in [-0.25, -0.2) is 4.79 Å². The standard InChI is InChI=1S/C13H13Cl3N2O/c1-12(13(14,15)16)9-4-2-3-5-10(9)17-11(19)18(12)8-6-7-8/h2-5,8H,6-7H2,1H3,(H,17,19). The van der Waals surface area contributed by atoms with Gasteiger partial charge in [0, 0.05) is 17.3 Å². The van der Waals surface area contributed by atoms with Gasteiger partial charge in [0.2, 0.25) is 3.79 Å². The van der Waals surface area contributed by atoms with Gasteiger partial charge < -0.3 is 10.2 Å². The van der Waals surface area contributed by atoms with Gasteiger partial charge in [0.25, 0.3) is 0 Å². The summed E-state index contributed by atoms with van der Waals surface area (Å²) in [5.41, 5.74) is 0.581. The van der Waals surface area contributed by atoms with Gasteiger partial charge in [0.1, 0.15) is 5.54 Å². The molecule has 2 amide bonds. The lowest BCUT2D eigenvalue weighted by atomic mass is 9.88. The summed E-state index contributed by atoms with van der Waals surface area (Å²) in [7, 11) is 0. The van der Waals surface area contributed by atoms with Crippen molar-refractivity contribution in [2.75, 3.05) is 5.32 Å². The minimum absolute atomic E-state index is 0.147. The highest BCUT2D eigenvalue weighted by atomic mass is 35.6. The maximum atomic E-state index is 12.3. The van der Waals surface area contributed by atoms with Crippen LogP contribution >= 0.6 is 34.8 Å². The first-order chi connectivity index (χ1) is 8.85. The molecule has 1 saturated carbocycles. The van der Waals surface area contributed by atoms with Crippen LogP contribution in [0.4, 0.5) is 10.5 Å². The van der Waals surface area contributed by atoms with Crippen LogP contribution in [0.2, 0.25) is 0 Å². The number of alkyl halides is 3. The molecule has 102 valence electrons. The summed E-state index contributed by atoms with van der Waals surface area (Å²) >= 11 is 18.7. The minimum atomic E-state index is -1.59. The molecule has 1 heterocycles. The van der Waals surface area contributed by atoms with Crippen molar-refractivity contribution in [1.82, 2.24) is 4.90 Å². The van der Waals surface area contributed by atoms with Crippen molar-refractivity contribution < 1.29 is 4.79 Å². The number of nitrogens with one attached hydrogen (secondary N) is 1. The van der Waals surface area contributed by atoms with Crippen LogP contribution in [-0.2, 0) is 5.54 Å². The summed E-state index contributed by atoms with van der Waals surface area (Å²) in [4.78, 5) is 14.0. The lowest BCUT2D eigenvalue weighted by molar-refractivity contribution is 0.124. The Bertz CT molecular complexity index is 539. The zero-order valence-corrected chi connectivity index (χ0v) is 12.6. The fourth-order valence-corrected chi connectivity index (χ4v) is 3.26. The molecule has 1 atom stereocenters. The summed E-state index contributed by atoms with van der Waals surface area (Å²) in [6, 6.07) is 7.41. The number of carbonyl (C=O) groups excluding carboxylic acids is 1. The van der Waals surface area contributed by atoms with Crippen LogP contribution in [0.25, 0.3) is 0 Å². The fourth-order valence-electron chi connectivity index (χ4n) is 2.68. The topological polar surface area (TPSA) is 32.3 Å². The molecule has 6 heteroatoms. The molecule has 1 unspecified atom stereocenters. The van der Waals surface area contributed by atoms with Crippen LogP contribution in [0.3, 0.4) is 0 Å². The van der Waals surface area contributed by atoms with Crippen LogP contribution in [-0.4, -0.2) is 20.8 Å². The zero-order valence-electron chi connectivity index (χ0n) is 10.3. The lowest BCUT2D eigenvalue weighted by Gasteiger charge is -2.49. The van der Waals surface area contributed by atoms with E-state index in [0.717, 1.165) is 18.4 Å². The maximum Gasteiger partial charge on any atom is 0.322 e. The first-order valence-corrected chi connectivity index (χ1v) is 7.25. The van der Waals surface area contributed by atoms with E-state index in [4.69, 9.17) is 34.8 Å². The number of halogens is 3. The summed E-state index contributed by atoms with van der Waals surface area (Å²) < 4.78 is -1.59. The summed E-state index contributed by atoms with van der Waals surface area (Å²) in [6.45, 7) is 1.82. The molecule has 0 saturated heterocycles. The zero-order chi connectivity index (χ0) is 13.8. The number of fused-ring (bicyclic) bond motifs is 1. The Morgan fingerprint density at radius 3 is 2.53 bits per heavy atom. The number of anilines is 1. The minimum Gasteiger partial charge on any atom is -0.308 e. The van der Waals surface area contributed by atoms with Gasteiger partial charge in [-0.05, 0) is 25.8 Å². The molecule has 2 aliphatic rings. The number of amides is 2. The van der Waals surface area contributed by atoms with Gasteiger partial charge in [0.05, 0.1) is 0 Å². The molecule has 3 rings (SSSR count). The predicted octanol–water partition coefficient (Wildman–Crippen LogP) is 4.28. The Kier molecular flexibility index (Phi) is 2.93. The van der Waals surface area contributed by atoms with Crippen molar-refractivity contribution in [3.05, 3.63) is 29.8 Å². The number of carbonyl (C=O) groups is 1. The highest BCUT2D eigenvalue weighted by molar-refractivity contribution is 6.68. The van der Waals surface area contributed by atoms with Crippen molar-refractivity contribution in [1.29, 1.82) is 0 Å². The third-order valence-electron chi connectivity index (χ3n) is 3.86. The second kappa shape index (κ2) is 4.18. The second-order valence-corrected chi connectivity index (χ2v) is 7.43. The molecule has 1 aromatic carbocycles. The van der Waals surface area contributed by atoms with Gasteiger partial charge in [-0.3, -0.25) is 0 Å². The van der Waals surface area contributed by atoms with Crippen molar-refractivity contribution in [2.45, 2.75) is 35.1 Å². The van der Waals surface area contributed by atoms with Crippen molar-refractivity contribution in [3.63, 3.8) is 0 Å². The summed E-state index contributed by atoms with van der Waals surface area (Å²) in [6.07, 6.45) is 1.90. The highest BCUT2D eigenvalue weighted by Crippen LogP contribution is 2.55. The number of hydrogen-bond donors (Lipinski definition) is 1. The molecule has 1 aliphatic heterocycles. The Balaban J connectivity index is 2.21. The van der Waals surface area contributed by atoms with E-state index >= 15 is 0 Å². The Hall–Kier alpha value is -0.640. The Morgan fingerprint density at radius 1 is 1.32 bits per heavy atom. The number of benzene rings is 1. The number of hydrogen-bond acceptors (Lipinski definition) is 1. The lowest BCUT2D eigenvalue weighted by Crippen LogP contribution is -2.60. The van der Waals surface area contributed by atoms with Gasteiger partial charge in [-0.2, -0.15) is 0 Å². The highest BCUT2D eigenvalue weighted by Gasteiger charge is 2.58. The van der Waals surface area contributed by atoms with E-state index < -0.39 is 9.33 Å². The Morgan fingerprint density at radius 2 is 1.95 bits per heavy atom. The van der Waals surface area contributed by atoms with Crippen LogP contribution in [0.5, 0.6) is 0 Å². The normalized spacial score (nSPS) is 26.9. The third-order valence-corrected chi connectivity index (χ3v) is 4.96. The molecule has 0 spiro atoms. The smallest absolute Gasteiger partial charge is 0.308 e. The number of rotatable bonds is 1. The monoisotopic (exact) mass is 318 g/mol. The quantitative estimate of drug-likeness (QED) is 0.770. The largest absolute Gasteiger partial charge is 0.322 e. The van der Waals surface area contributed by atoms with Gasteiger partial charge >= 0.3 is 6.03 Å². The first-order valence-electron chi connectivity index (χ1n) is 6.12. The molecule has 3 nitrogen and oxygen atoms in total. The van der Waals surface area contributed by atoms with E-state index in [0.29, 0.717) is 5.69 Å². The molecule has 0 radical (unpaired) electrons. The van der Waals surface area contributed by atoms with Crippen molar-refractivity contribution in [3.8, 4) is 0 Å². The van der Waals surface area contributed by atoms with Crippen LogP contribution in [0, 0.1) is 0 Å². The van der Waals surface area contributed by atoms with Gasteiger partial charge in [-0.15, -0.1) is 0 Å². The van der Waals surface area contributed by atoms with Crippen molar-refractivity contribution in [2.24, 2.45) is 0 Å². The van der Waals surface area contributed by atoms with E-state index in [1.54, 1.807) is 4.90 Å². The number of para-hydroxylation sites is 1. The SMILES string of the molecule is CC1(C(Cl)(Cl)Cl)c2ccccc2NC(=O)N1C1CC1. The van der Waals surface area contributed by atoms with E-state index in [-0.39, 0.29) is 12.1 Å². The second-order valence-electron chi connectivity index (χ2n) is 5.15. The third kappa shape index (κ3) is 1.91. The predicted molar refractivity (Wildman–Crippen MR) is 78.0 cm³/mol. The van der Waals surface area contributed by atoms with E-state index in [1.807, 2.05) is 31.2 Å². The molecule has 1 aliphatic carbocycles. The average Bonchev–Trinajstić information content (AvgIpc) is 3.12. The molecule has 1 N–H and O–H groups in total. The summed E-state index contributed by atoms with van der Waals surface area (Å²) in [5, 5.41) is 2.87. The van der Waals surface area contributed by atoms with E-state index in [9.17, 15) is 4.79 Å². The molecular weight excluding hydrogens is 307 g/mol. The first kappa shape index (κ1) is 13.3. The van der Waals surface area contributed by atoms with Gasteiger partial charge in [0.15, 0.2) is 0 Å². The molecular formula is C13H13Cl3N2O. The molecule has 1 aromatic rings. The average molecular weight is 320 g/mol. The van der Waals surface area contributed by atoms with Crippen LogP contribution in [0.1, 0.15) is 25.3 Å². The number of urea groups is 1. The van der Waals surface area contributed by atoms with Crippen LogP contribution in [0.15, 0.2) is 24.3 Å². The fraction of sp³-hybridized carbons (Fsp3) is 0.462. The maximum absolute atomic E-state index is 12.3. The van der Waals surface area contributed by atoms with Crippen LogP contribution < -0.4 is 5.32 Å². The van der Waals surface area contributed by atoms with E-state index in [2.05, 4.69) is 5.32 Å². The summed E-state index contributed by atoms with van der Waals surface area (Å²) in [5.74, 6) is 0. The molecule has 19 heavy (non-hydrogen) atoms. The van der Waals surface area contributed by atoms with E-state index in [1.165, 1.54) is 0 Å². The molecule has 1 fully saturated rings. The molecule has 0 bridgehead atoms. The Labute approximate surface area is 126 Å². The number of nitrogens with zero attached hydrogens (tertiary/aromatic N) is 1. The van der Waals surface area contributed by atoms with Gasteiger partial charge in [-0.1, -0.05) is 53.0 Å². The van der Waals surface area contributed by atoms with Crippen molar-refractivity contribution >= 4 is 46.5 Å².